The monoisotopic (exact) mass is 364 g/mol. The summed E-state index contributed by atoms with van der Waals surface area (Å²) in [7, 11) is -3.67. The highest BCUT2D eigenvalue weighted by atomic mass is 35.5. The number of carbonyl (C=O) groups excluding carboxylic acids is 2. The third-order valence-corrected chi connectivity index (χ3v) is 5.56. The Hall–Kier alpha value is -2.38. The molecule has 0 aromatic heterocycles. The molecular formula is C16H13ClN2O4S. The predicted octanol–water partition coefficient (Wildman–Crippen LogP) is 2.66. The Balaban J connectivity index is 1.90. The van der Waals surface area contributed by atoms with Gasteiger partial charge in [-0.3, -0.25) is 9.59 Å². The molecule has 3 rings (SSSR count). The summed E-state index contributed by atoms with van der Waals surface area (Å²) >= 11 is 6.00. The van der Waals surface area contributed by atoms with Gasteiger partial charge < -0.3 is 5.32 Å². The number of benzene rings is 2. The Morgan fingerprint density at radius 2 is 1.88 bits per heavy atom. The van der Waals surface area contributed by atoms with Gasteiger partial charge in [-0.1, -0.05) is 29.8 Å². The Morgan fingerprint density at radius 1 is 1.12 bits per heavy atom. The molecule has 1 aliphatic heterocycles. The fourth-order valence-corrected chi connectivity index (χ4v) is 4.03. The van der Waals surface area contributed by atoms with Gasteiger partial charge in [0.05, 0.1) is 22.2 Å². The highest BCUT2D eigenvalue weighted by molar-refractivity contribution is 7.94. The fourth-order valence-electron chi connectivity index (χ4n) is 2.40. The largest absolute Gasteiger partial charge is 0.321 e. The number of amides is 2. The molecule has 1 fully saturated rings. The predicted molar refractivity (Wildman–Crippen MR) is 91.7 cm³/mol. The van der Waals surface area contributed by atoms with Crippen molar-refractivity contribution in [3.8, 4) is 0 Å². The molecule has 124 valence electrons. The first-order valence-corrected chi connectivity index (χ1v) is 9.09. The Kier molecular flexibility index (Phi) is 4.29. The summed E-state index contributed by atoms with van der Waals surface area (Å²) in [6.07, 6.45) is -0.0572. The van der Waals surface area contributed by atoms with Crippen molar-refractivity contribution in [2.75, 3.05) is 15.4 Å². The van der Waals surface area contributed by atoms with Crippen LogP contribution in [0.5, 0.6) is 0 Å². The first kappa shape index (κ1) is 16.5. The summed E-state index contributed by atoms with van der Waals surface area (Å²) in [5, 5.41) is 3.04. The van der Waals surface area contributed by atoms with Gasteiger partial charge in [-0.25, -0.2) is 12.7 Å². The number of sulfonamides is 1. The molecular weight excluding hydrogens is 352 g/mol. The first-order valence-electron chi connectivity index (χ1n) is 7.10. The summed E-state index contributed by atoms with van der Waals surface area (Å²) in [6.45, 7) is 0. The number of anilines is 2. The van der Waals surface area contributed by atoms with Crippen LogP contribution in [0, 0.1) is 0 Å². The van der Waals surface area contributed by atoms with Crippen molar-refractivity contribution in [1.29, 1.82) is 0 Å². The molecule has 2 aromatic carbocycles. The van der Waals surface area contributed by atoms with Crippen molar-refractivity contribution >= 4 is 44.8 Å². The fraction of sp³-hybridized carbons (Fsp3) is 0.125. The van der Waals surface area contributed by atoms with Crippen molar-refractivity contribution in [3.05, 3.63) is 59.1 Å². The van der Waals surface area contributed by atoms with E-state index in [1.165, 1.54) is 24.3 Å². The van der Waals surface area contributed by atoms with E-state index in [-0.39, 0.29) is 23.4 Å². The molecule has 1 aliphatic rings. The lowest BCUT2D eigenvalue weighted by Gasteiger charge is -2.16. The molecule has 0 atom stereocenters. The zero-order valence-electron chi connectivity index (χ0n) is 12.4. The zero-order valence-corrected chi connectivity index (χ0v) is 14.0. The molecule has 1 heterocycles. The minimum atomic E-state index is -3.67. The van der Waals surface area contributed by atoms with E-state index in [9.17, 15) is 18.0 Å². The maximum atomic E-state index is 12.4. The van der Waals surface area contributed by atoms with Crippen LogP contribution < -0.4 is 9.62 Å². The first-order chi connectivity index (χ1) is 11.4. The molecule has 24 heavy (non-hydrogen) atoms. The maximum Gasteiger partial charge on any atom is 0.255 e. The van der Waals surface area contributed by atoms with Crippen LogP contribution in [0.25, 0.3) is 0 Å². The highest BCUT2D eigenvalue weighted by Gasteiger charge is 2.36. The molecule has 0 bridgehead atoms. The van der Waals surface area contributed by atoms with Gasteiger partial charge in [-0.05, 0) is 30.3 Å². The highest BCUT2D eigenvalue weighted by Crippen LogP contribution is 2.27. The second-order valence-corrected chi connectivity index (χ2v) is 7.55. The number of hydrogen-bond acceptors (Lipinski definition) is 4. The van der Waals surface area contributed by atoms with Gasteiger partial charge in [0.2, 0.25) is 15.9 Å². The molecule has 1 N–H and O–H groups in total. The minimum Gasteiger partial charge on any atom is -0.321 e. The Labute approximate surface area is 144 Å². The maximum absolute atomic E-state index is 12.4. The van der Waals surface area contributed by atoms with Crippen LogP contribution in [0.15, 0.2) is 48.5 Å². The van der Waals surface area contributed by atoms with Crippen LogP contribution in [0.2, 0.25) is 5.02 Å². The number of nitrogens with zero attached hydrogens (tertiary/aromatic N) is 1. The van der Waals surface area contributed by atoms with Crippen LogP contribution in [-0.4, -0.2) is 26.0 Å². The molecule has 0 aliphatic carbocycles. The van der Waals surface area contributed by atoms with Crippen molar-refractivity contribution in [1.82, 2.24) is 0 Å². The number of halogens is 1. The molecule has 2 aromatic rings. The average molecular weight is 365 g/mol. The van der Waals surface area contributed by atoms with Gasteiger partial charge in [0.15, 0.2) is 0 Å². The smallest absolute Gasteiger partial charge is 0.255 e. The summed E-state index contributed by atoms with van der Waals surface area (Å²) in [4.78, 5) is 24.2. The van der Waals surface area contributed by atoms with Crippen LogP contribution in [0.3, 0.4) is 0 Å². The van der Waals surface area contributed by atoms with E-state index >= 15 is 0 Å². The standard InChI is InChI=1S/C16H13ClN2O4S/c17-13-6-1-2-7-14(13)18-16(21)11-4-3-5-12(10-11)19-15(20)8-9-24(19,22)23/h1-7,10H,8-9H2,(H,18,21). The second kappa shape index (κ2) is 6.26. The van der Waals surface area contributed by atoms with Gasteiger partial charge >= 0.3 is 0 Å². The van der Waals surface area contributed by atoms with Gasteiger partial charge in [-0.2, -0.15) is 0 Å². The van der Waals surface area contributed by atoms with Crippen LogP contribution in [0.1, 0.15) is 16.8 Å². The van der Waals surface area contributed by atoms with Gasteiger partial charge in [-0.15, -0.1) is 0 Å². The Morgan fingerprint density at radius 3 is 2.54 bits per heavy atom. The molecule has 0 radical (unpaired) electrons. The number of para-hydroxylation sites is 1. The van der Waals surface area contributed by atoms with Crippen LogP contribution >= 0.6 is 11.6 Å². The number of rotatable bonds is 3. The van der Waals surface area contributed by atoms with E-state index in [0.29, 0.717) is 10.7 Å². The van der Waals surface area contributed by atoms with Gasteiger partial charge in [0.25, 0.3) is 5.91 Å². The summed E-state index contributed by atoms with van der Waals surface area (Å²) in [5.41, 5.74) is 0.825. The Bertz CT molecular complexity index is 927. The number of nitrogens with one attached hydrogen (secondary N) is 1. The molecule has 0 unspecified atom stereocenters. The summed E-state index contributed by atoms with van der Waals surface area (Å²) < 4.78 is 24.7. The van der Waals surface area contributed by atoms with E-state index in [2.05, 4.69) is 5.32 Å². The van der Waals surface area contributed by atoms with E-state index in [0.717, 1.165) is 4.31 Å². The van der Waals surface area contributed by atoms with E-state index in [1.54, 1.807) is 24.3 Å². The third kappa shape index (κ3) is 3.13. The summed E-state index contributed by atoms with van der Waals surface area (Å²) in [5.74, 6) is -1.17. The van der Waals surface area contributed by atoms with Crippen molar-refractivity contribution in [2.45, 2.75) is 6.42 Å². The number of hydrogen-bond donors (Lipinski definition) is 1. The topological polar surface area (TPSA) is 83.6 Å². The van der Waals surface area contributed by atoms with Gasteiger partial charge in [0.1, 0.15) is 0 Å². The zero-order chi connectivity index (χ0) is 17.3. The van der Waals surface area contributed by atoms with Crippen LogP contribution in [-0.2, 0) is 14.8 Å². The minimum absolute atomic E-state index is 0.0572. The average Bonchev–Trinajstić information content (AvgIpc) is 2.83. The van der Waals surface area contributed by atoms with E-state index < -0.39 is 21.8 Å². The second-order valence-electron chi connectivity index (χ2n) is 5.21. The van der Waals surface area contributed by atoms with Crippen molar-refractivity contribution < 1.29 is 18.0 Å². The molecule has 6 nitrogen and oxygen atoms in total. The van der Waals surface area contributed by atoms with Crippen molar-refractivity contribution in [2.24, 2.45) is 0 Å². The van der Waals surface area contributed by atoms with E-state index in [1.807, 2.05) is 0 Å². The lowest BCUT2D eigenvalue weighted by molar-refractivity contribution is -0.116. The van der Waals surface area contributed by atoms with Gasteiger partial charge in [0, 0.05) is 12.0 Å². The molecule has 2 amide bonds. The third-order valence-electron chi connectivity index (χ3n) is 3.54. The quantitative estimate of drug-likeness (QED) is 0.907. The van der Waals surface area contributed by atoms with Crippen LogP contribution in [0.4, 0.5) is 11.4 Å². The number of carbonyl (C=O) groups is 2. The normalized spacial score (nSPS) is 16.2. The lowest BCUT2D eigenvalue weighted by Crippen LogP contribution is -2.29. The molecule has 8 heteroatoms. The molecule has 1 saturated heterocycles. The molecule has 0 saturated carbocycles. The lowest BCUT2D eigenvalue weighted by atomic mass is 10.1. The SMILES string of the molecule is O=C(Nc1ccccc1Cl)c1cccc(N2C(=O)CCS2(=O)=O)c1. The molecule has 0 spiro atoms. The summed E-state index contributed by atoms with van der Waals surface area (Å²) in [6, 6.07) is 12.7. The van der Waals surface area contributed by atoms with E-state index in [4.69, 9.17) is 11.6 Å². The van der Waals surface area contributed by atoms with Crippen molar-refractivity contribution in [3.63, 3.8) is 0 Å².